The molecule has 2 N–H and O–H groups in total. The monoisotopic (exact) mass is 239 g/mol. The SMILES string of the molecule is NC1(CN2CCCN3CCCC3C2)CCOC1. The first-order chi connectivity index (χ1) is 8.25. The summed E-state index contributed by atoms with van der Waals surface area (Å²) in [7, 11) is 0. The van der Waals surface area contributed by atoms with Crippen LogP contribution in [0.15, 0.2) is 0 Å². The second-order valence-electron chi connectivity index (χ2n) is 6.09. The van der Waals surface area contributed by atoms with E-state index in [0.717, 1.165) is 32.2 Å². The van der Waals surface area contributed by atoms with E-state index >= 15 is 0 Å². The average molecular weight is 239 g/mol. The minimum Gasteiger partial charge on any atom is -0.379 e. The minimum absolute atomic E-state index is 0.0756. The standard InChI is InChI=1S/C13H25N3O/c14-13(4-8-17-11-13)10-15-5-2-7-16-6-1-3-12(16)9-15/h12H,1-11,14H2. The summed E-state index contributed by atoms with van der Waals surface area (Å²) in [6.45, 7) is 7.66. The summed E-state index contributed by atoms with van der Waals surface area (Å²) < 4.78 is 5.46. The van der Waals surface area contributed by atoms with Crippen molar-refractivity contribution >= 4 is 0 Å². The summed E-state index contributed by atoms with van der Waals surface area (Å²) in [4.78, 5) is 5.26. The van der Waals surface area contributed by atoms with Gasteiger partial charge in [0.25, 0.3) is 0 Å². The van der Waals surface area contributed by atoms with Crippen LogP contribution in [-0.2, 0) is 4.74 Å². The summed E-state index contributed by atoms with van der Waals surface area (Å²) in [6, 6.07) is 0.795. The van der Waals surface area contributed by atoms with E-state index in [2.05, 4.69) is 9.80 Å². The second-order valence-corrected chi connectivity index (χ2v) is 6.09. The first-order valence-corrected chi connectivity index (χ1v) is 7.08. The zero-order valence-corrected chi connectivity index (χ0v) is 10.7. The Morgan fingerprint density at radius 2 is 2.12 bits per heavy atom. The van der Waals surface area contributed by atoms with Gasteiger partial charge in [-0.25, -0.2) is 0 Å². The number of fused-ring (bicyclic) bond motifs is 1. The maximum Gasteiger partial charge on any atom is 0.0659 e. The molecule has 3 aliphatic rings. The molecular formula is C13H25N3O. The molecule has 0 bridgehead atoms. The normalized spacial score (nSPS) is 40.4. The van der Waals surface area contributed by atoms with E-state index in [-0.39, 0.29) is 5.54 Å². The van der Waals surface area contributed by atoms with Crippen LogP contribution in [0.3, 0.4) is 0 Å². The summed E-state index contributed by atoms with van der Waals surface area (Å²) in [5.41, 5.74) is 6.32. The van der Waals surface area contributed by atoms with Gasteiger partial charge in [-0.1, -0.05) is 0 Å². The number of ether oxygens (including phenoxy) is 1. The third kappa shape index (κ3) is 2.65. The van der Waals surface area contributed by atoms with Gasteiger partial charge in [-0.05, 0) is 45.3 Å². The highest BCUT2D eigenvalue weighted by Gasteiger charge is 2.35. The van der Waals surface area contributed by atoms with Crippen molar-refractivity contribution in [2.24, 2.45) is 5.73 Å². The molecule has 2 unspecified atom stereocenters. The van der Waals surface area contributed by atoms with Gasteiger partial charge in [0.05, 0.1) is 12.1 Å². The van der Waals surface area contributed by atoms with Crippen LogP contribution in [0.1, 0.15) is 25.7 Å². The quantitative estimate of drug-likeness (QED) is 0.751. The van der Waals surface area contributed by atoms with E-state index in [4.69, 9.17) is 10.5 Å². The third-order valence-corrected chi connectivity index (χ3v) is 4.56. The Hall–Kier alpha value is -0.160. The zero-order valence-electron chi connectivity index (χ0n) is 10.7. The number of hydrogen-bond donors (Lipinski definition) is 1. The Labute approximate surface area is 104 Å². The Kier molecular flexibility index (Phi) is 3.39. The molecule has 4 nitrogen and oxygen atoms in total. The highest BCUT2D eigenvalue weighted by Crippen LogP contribution is 2.23. The van der Waals surface area contributed by atoms with E-state index in [1.54, 1.807) is 0 Å². The molecule has 0 amide bonds. The van der Waals surface area contributed by atoms with Crippen LogP contribution >= 0.6 is 0 Å². The van der Waals surface area contributed by atoms with Crippen molar-refractivity contribution in [3.05, 3.63) is 0 Å². The molecule has 3 aliphatic heterocycles. The molecule has 0 spiro atoms. The van der Waals surface area contributed by atoms with E-state index in [0.29, 0.717) is 0 Å². The van der Waals surface area contributed by atoms with Gasteiger partial charge in [-0.3, -0.25) is 9.80 Å². The number of nitrogens with zero attached hydrogens (tertiary/aromatic N) is 2. The lowest BCUT2D eigenvalue weighted by Crippen LogP contribution is -2.52. The predicted octanol–water partition coefficient (Wildman–Crippen LogP) is 0.274. The molecule has 0 aromatic rings. The van der Waals surface area contributed by atoms with Gasteiger partial charge in [0.15, 0.2) is 0 Å². The van der Waals surface area contributed by atoms with Crippen molar-refractivity contribution in [1.82, 2.24) is 9.80 Å². The van der Waals surface area contributed by atoms with Crippen molar-refractivity contribution in [1.29, 1.82) is 0 Å². The van der Waals surface area contributed by atoms with Crippen molar-refractivity contribution in [2.75, 3.05) is 45.9 Å². The van der Waals surface area contributed by atoms with Gasteiger partial charge in [0, 0.05) is 25.7 Å². The molecule has 3 heterocycles. The largest absolute Gasteiger partial charge is 0.379 e. The van der Waals surface area contributed by atoms with Crippen LogP contribution in [0.2, 0.25) is 0 Å². The Morgan fingerprint density at radius 3 is 2.94 bits per heavy atom. The molecule has 0 aromatic carbocycles. The lowest BCUT2D eigenvalue weighted by atomic mass is 9.99. The topological polar surface area (TPSA) is 41.7 Å². The summed E-state index contributed by atoms with van der Waals surface area (Å²) in [6.07, 6.45) is 5.09. The minimum atomic E-state index is -0.0756. The van der Waals surface area contributed by atoms with Crippen LogP contribution in [-0.4, -0.2) is 67.3 Å². The molecule has 4 heteroatoms. The van der Waals surface area contributed by atoms with Crippen LogP contribution in [0.25, 0.3) is 0 Å². The maximum absolute atomic E-state index is 6.40. The van der Waals surface area contributed by atoms with Crippen molar-refractivity contribution in [3.8, 4) is 0 Å². The molecule has 3 fully saturated rings. The Balaban J connectivity index is 1.59. The molecule has 17 heavy (non-hydrogen) atoms. The number of nitrogens with two attached hydrogens (primary N) is 1. The highest BCUT2D eigenvalue weighted by atomic mass is 16.5. The number of rotatable bonds is 2. The smallest absolute Gasteiger partial charge is 0.0659 e. The van der Waals surface area contributed by atoms with Crippen LogP contribution in [0, 0.1) is 0 Å². The van der Waals surface area contributed by atoms with Crippen molar-refractivity contribution in [3.63, 3.8) is 0 Å². The zero-order chi connectivity index (χ0) is 11.7. The van der Waals surface area contributed by atoms with Crippen LogP contribution in [0.5, 0.6) is 0 Å². The van der Waals surface area contributed by atoms with Crippen LogP contribution < -0.4 is 5.73 Å². The van der Waals surface area contributed by atoms with Gasteiger partial charge in [-0.15, -0.1) is 0 Å². The van der Waals surface area contributed by atoms with Gasteiger partial charge in [0.2, 0.25) is 0 Å². The molecule has 0 aliphatic carbocycles. The van der Waals surface area contributed by atoms with E-state index in [1.807, 2.05) is 0 Å². The molecule has 0 radical (unpaired) electrons. The molecule has 2 atom stereocenters. The average Bonchev–Trinajstić information content (AvgIpc) is 2.85. The molecule has 98 valence electrons. The van der Waals surface area contributed by atoms with Crippen LogP contribution in [0.4, 0.5) is 0 Å². The highest BCUT2D eigenvalue weighted by molar-refractivity contribution is 4.93. The second kappa shape index (κ2) is 4.84. The fourth-order valence-corrected chi connectivity index (χ4v) is 3.62. The van der Waals surface area contributed by atoms with Gasteiger partial charge >= 0.3 is 0 Å². The molecule has 0 aromatic heterocycles. The van der Waals surface area contributed by atoms with Gasteiger partial charge in [-0.2, -0.15) is 0 Å². The first kappa shape index (κ1) is 11.9. The van der Waals surface area contributed by atoms with Gasteiger partial charge < -0.3 is 10.5 Å². The predicted molar refractivity (Wildman–Crippen MR) is 68.0 cm³/mol. The molecule has 0 saturated carbocycles. The van der Waals surface area contributed by atoms with Crippen molar-refractivity contribution in [2.45, 2.75) is 37.3 Å². The molecular weight excluding hydrogens is 214 g/mol. The summed E-state index contributed by atoms with van der Waals surface area (Å²) >= 11 is 0. The van der Waals surface area contributed by atoms with E-state index in [1.165, 1.54) is 45.4 Å². The lowest BCUT2D eigenvalue weighted by molar-refractivity contribution is 0.146. The Morgan fingerprint density at radius 1 is 1.24 bits per heavy atom. The maximum atomic E-state index is 6.40. The first-order valence-electron chi connectivity index (χ1n) is 7.08. The summed E-state index contributed by atoms with van der Waals surface area (Å²) in [5.74, 6) is 0. The third-order valence-electron chi connectivity index (χ3n) is 4.56. The fraction of sp³-hybridized carbons (Fsp3) is 1.00. The van der Waals surface area contributed by atoms with Gasteiger partial charge in [0.1, 0.15) is 0 Å². The van der Waals surface area contributed by atoms with Crippen molar-refractivity contribution < 1.29 is 4.74 Å². The lowest BCUT2D eigenvalue weighted by Gasteiger charge is -2.32. The fourth-order valence-electron chi connectivity index (χ4n) is 3.62. The summed E-state index contributed by atoms with van der Waals surface area (Å²) in [5, 5.41) is 0. The number of hydrogen-bond acceptors (Lipinski definition) is 4. The molecule has 3 saturated heterocycles. The Bertz CT molecular complexity index is 265. The van der Waals surface area contributed by atoms with E-state index < -0.39 is 0 Å². The van der Waals surface area contributed by atoms with E-state index in [9.17, 15) is 0 Å². The molecule has 3 rings (SSSR count).